The summed E-state index contributed by atoms with van der Waals surface area (Å²) < 4.78 is 11.5. The molecule has 1 amide bonds. The minimum Gasteiger partial charge on any atom is -0.490 e. The molecule has 154 valence electrons. The summed E-state index contributed by atoms with van der Waals surface area (Å²) in [7, 11) is 0. The first-order valence-electron chi connectivity index (χ1n) is 10.7. The molecule has 2 aromatic rings. The van der Waals surface area contributed by atoms with E-state index in [0.29, 0.717) is 31.4 Å². The van der Waals surface area contributed by atoms with Gasteiger partial charge in [0.1, 0.15) is 5.75 Å². The molecule has 2 aliphatic rings. The average molecular weight is 395 g/mol. The smallest absolute Gasteiger partial charge is 0.253 e. The largest absolute Gasteiger partial charge is 0.490 e. The molecule has 1 N–H and O–H groups in total. The Morgan fingerprint density at radius 3 is 2.48 bits per heavy atom. The summed E-state index contributed by atoms with van der Waals surface area (Å²) in [5, 5.41) is 3.06. The highest BCUT2D eigenvalue weighted by molar-refractivity contribution is 5.99. The maximum Gasteiger partial charge on any atom is 0.253 e. The first-order chi connectivity index (χ1) is 14.3. The second-order valence-electron chi connectivity index (χ2n) is 7.82. The van der Waals surface area contributed by atoms with Gasteiger partial charge >= 0.3 is 0 Å². The fourth-order valence-electron chi connectivity index (χ4n) is 4.08. The number of nitrogens with zero attached hydrogens (tertiary/aromatic N) is 1. The van der Waals surface area contributed by atoms with Crippen molar-refractivity contribution in [3.8, 4) is 5.75 Å². The molecule has 0 unspecified atom stereocenters. The summed E-state index contributed by atoms with van der Waals surface area (Å²) in [5.41, 5.74) is 2.76. The maximum absolute atomic E-state index is 12.8. The lowest BCUT2D eigenvalue weighted by molar-refractivity contribution is 0.0949. The van der Waals surface area contributed by atoms with Crippen molar-refractivity contribution in [2.45, 2.75) is 44.8 Å². The number of amides is 1. The fraction of sp³-hybridized carbons (Fsp3) is 0.458. The van der Waals surface area contributed by atoms with Gasteiger partial charge in [0.2, 0.25) is 0 Å². The van der Waals surface area contributed by atoms with Gasteiger partial charge in [-0.15, -0.1) is 0 Å². The Kier molecular flexibility index (Phi) is 6.67. The SMILES string of the molecule is O=C(NCc1ccc(OC2CCCCC2)cc1)c1ccccc1N1CCOCC1. The second-order valence-corrected chi connectivity index (χ2v) is 7.82. The van der Waals surface area contributed by atoms with Crippen LogP contribution in [0.2, 0.25) is 0 Å². The van der Waals surface area contributed by atoms with Crippen LogP contribution >= 0.6 is 0 Å². The van der Waals surface area contributed by atoms with Gasteiger partial charge in [-0.05, 0) is 55.5 Å². The van der Waals surface area contributed by atoms with Crippen LogP contribution in [0, 0.1) is 0 Å². The Balaban J connectivity index is 1.33. The lowest BCUT2D eigenvalue weighted by atomic mass is 9.98. The Morgan fingerprint density at radius 1 is 1.00 bits per heavy atom. The van der Waals surface area contributed by atoms with Crippen molar-refractivity contribution in [1.29, 1.82) is 0 Å². The summed E-state index contributed by atoms with van der Waals surface area (Å²) in [6.07, 6.45) is 6.51. The Bertz CT molecular complexity index is 794. The highest BCUT2D eigenvalue weighted by Gasteiger charge is 2.18. The lowest BCUT2D eigenvalue weighted by Crippen LogP contribution is -2.37. The van der Waals surface area contributed by atoms with Crippen molar-refractivity contribution in [1.82, 2.24) is 5.32 Å². The normalized spacial score (nSPS) is 17.7. The Morgan fingerprint density at radius 2 is 1.72 bits per heavy atom. The van der Waals surface area contributed by atoms with E-state index in [9.17, 15) is 4.79 Å². The van der Waals surface area contributed by atoms with E-state index in [1.807, 2.05) is 48.5 Å². The van der Waals surface area contributed by atoms with Crippen LogP contribution in [-0.4, -0.2) is 38.3 Å². The first-order valence-corrected chi connectivity index (χ1v) is 10.7. The standard InChI is InChI=1S/C24H30N2O3/c27-24(22-8-4-5-9-23(22)26-14-16-28-17-15-26)25-18-19-10-12-21(13-11-19)29-20-6-2-1-3-7-20/h4-5,8-13,20H,1-3,6-7,14-18H2,(H,25,27). The molecule has 5 nitrogen and oxygen atoms in total. The number of hydrogen-bond acceptors (Lipinski definition) is 4. The van der Waals surface area contributed by atoms with Gasteiger partial charge < -0.3 is 19.7 Å². The number of para-hydroxylation sites is 1. The molecular weight excluding hydrogens is 364 g/mol. The number of benzene rings is 2. The predicted octanol–water partition coefficient (Wildman–Crippen LogP) is 4.16. The lowest BCUT2D eigenvalue weighted by Gasteiger charge is -2.30. The van der Waals surface area contributed by atoms with E-state index in [2.05, 4.69) is 10.2 Å². The van der Waals surface area contributed by atoms with Crippen molar-refractivity contribution in [3.63, 3.8) is 0 Å². The molecule has 1 saturated carbocycles. The summed E-state index contributed by atoms with van der Waals surface area (Å²) >= 11 is 0. The molecular formula is C24H30N2O3. The summed E-state index contributed by atoms with van der Waals surface area (Å²) in [5.74, 6) is 0.874. The number of ether oxygens (including phenoxy) is 2. The third-order valence-electron chi connectivity index (χ3n) is 5.73. The van der Waals surface area contributed by atoms with Crippen LogP contribution < -0.4 is 15.0 Å². The predicted molar refractivity (Wildman–Crippen MR) is 115 cm³/mol. The number of carbonyl (C=O) groups excluding carboxylic acids is 1. The minimum absolute atomic E-state index is 0.0466. The van der Waals surface area contributed by atoms with E-state index in [4.69, 9.17) is 9.47 Å². The van der Waals surface area contributed by atoms with E-state index in [-0.39, 0.29) is 5.91 Å². The molecule has 0 radical (unpaired) electrons. The molecule has 5 heteroatoms. The van der Waals surface area contributed by atoms with Crippen LogP contribution in [-0.2, 0) is 11.3 Å². The number of nitrogens with one attached hydrogen (secondary N) is 1. The van der Waals surface area contributed by atoms with E-state index in [1.165, 1.54) is 19.3 Å². The second kappa shape index (κ2) is 9.79. The average Bonchev–Trinajstić information content (AvgIpc) is 2.80. The summed E-state index contributed by atoms with van der Waals surface area (Å²) in [4.78, 5) is 15.0. The number of carbonyl (C=O) groups is 1. The highest BCUT2D eigenvalue weighted by Crippen LogP contribution is 2.24. The molecule has 2 fully saturated rings. The molecule has 1 saturated heterocycles. The molecule has 2 aromatic carbocycles. The molecule has 29 heavy (non-hydrogen) atoms. The summed E-state index contributed by atoms with van der Waals surface area (Å²) in [6.45, 7) is 3.52. The Labute approximate surface area is 173 Å². The molecule has 1 aliphatic heterocycles. The van der Waals surface area contributed by atoms with Crippen LogP contribution in [0.3, 0.4) is 0 Å². The van der Waals surface area contributed by atoms with E-state index >= 15 is 0 Å². The molecule has 0 aromatic heterocycles. The quantitative estimate of drug-likeness (QED) is 0.799. The first kappa shape index (κ1) is 19.8. The molecule has 1 heterocycles. The van der Waals surface area contributed by atoms with Gasteiger partial charge in [0.05, 0.1) is 24.9 Å². The number of rotatable bonds is 6. The van der Waals surface area contributed by atoms with Crippen LogP contribution in [0.15, 0.2) is 48.5 Å². The van der Waals surface area contributed by atoms with E-state index in [1.54, 1.807) is 0 Å². The van der Waals surface area contributed by atoms with Crippen LogP contribution in [0.5, 0.6) is 5.75 Å². The zero-order valence-electron chi connectivity index (χ0n) is 16.9. The molecule has 4 rings (SSSR count). The third kappa shape index (κ3) is 5.30. The van der Waals surface area contributed by atoms with Crippen molar-refractivity contribution in [3.05, 3.63) is 59.7 Å². The van der Waals surface area contributed by atoms with Crippen molar-refractivity contribution in [2.75, 3.05) is 31.2 Å². The van der Waals surface area contributed by atoms with Crippen LogP contribution in [0.25, 0.3) is 0 Å². The highest BCUT2D eigenvalue weighted by atomic mass is 16.5. The molecule has 0 atom stereocenters. The number of anilines is 1. The number of hydrogen-bond donors (Lipinski definition) is 1. The van der Waals surface area contributed by atoms with Gasteiger partial charge in [0.15, 0.2) is 0 Å². The van der Waals surface area contributed by atoms with Crippen LogP contribution in [0.4, 0.5) is 5.69 Å². The van der Waals surface area contributed by atoms with Gasteiger partial charge in [0.25, 0.3) is 5.91 Å². The van der Waals surface area contributed by atoms with Crippen molar-refractivity contribution < 1.29 is 14.3 Å². The van der Waals surface area contributed by atoms with Gasteiger partial charge in [-0.25, -0.2) is 0 Å². The fourth-order valence-corrected chi connectivity index (χ4v) is 4.08. The van der Waals surface area contributed by atoms with Crippen molar-refractivity contribution in [2.24, 2.45) is 0 Å². The van der Waals surface area contributed by atoms with Gasteiger partial charge in [-0.2, -0.15) is 0 Å². The zero-order valence-corrected chi connectivity index (χ0v) is 16.9. The Hall–Kier alpha value is -2.53. The zero-order chi connectivity index (χ0) is 19.9. The van der Waals surface area contributed by atoms with Crippen LogP contribution in [0.1, 0.15) is 48.0 Å². The van der Waals surface area contributed by atoms with Crippen molar-refractivity contribution >= 4 is 11.6 Å². The van der Waals surface area contributed by atoms with Gasteiger partial charge in [0, 0.05) is 25.3 Å². The number of morpholine rings is 1. The van der Waals surface area contributed by atoms with Gasteiger partial charge in [-0.1, -0.05) is 30.7 Å². The minimum atomic E-state index is -0.0466. The van der Waals surface area contributed by atoms with E-state index in [0.717, 1.165) is 42.9 Å². The molecule has 1 aliphatic carbocycles. The van der Waals surface area contributed by atoms with Gasteiger partial charge in [-0.3, -0.25) is 4.79 Å². The molecule has 0 bridgehead atoms. The topological polar surface area (TPSA) is 50.8 Å². The maximum atomic E-state index is 12.8. The third-order valence-corrected chi connectivity index (χ3v) is 5.73. The molecule has 0 spiro atoms. The van der Waals surface area contributed by atoms with E-state index < -0.39 is 0 Å². The monoisotopic (exact) mass is 394 g/mol. The summed E-state index contributed by atoms with van der Waals surface area (Å²) in [6, 6.07) is 15.9.